The van der Waals surface area contributed by atoms with E-state index in [0.717, 1.165) is 0 Å². The standard InChI is InChI=1S/C14H14N4O2/c1-3-20-12-7-5-4-6-11(12)14(19)16-13-10(8-15)9-18(2)17-13/h4-7,9H,3H2,1-2H3,(H,16,17,19). The van der Waals surface area contributed by atoms with Gasteiger partial charge in [-0.15, -0.1) is 0 Å². The van der Waals surface area contributed by atoms with Crippen LogP contribution in [-0.2, 0) is 7.05 Å². The Kier molecular flexibility index (Phi) is 4.01. The minimum absolute atomic E-state index is 0.242. The Bertz CT molecular complexity index is 670. The molecule has 0 saturated heterocycles. The van der Waals surface area contributed by atoms with Gasteiger partial charge in [0, 0.05) is 13.2 Å². The van der Waals surface area contributed by atoms with Crippen molar-refractivity contribution in [2.24, 2.45) is 7.05 Å². The van der Waals surface area contributed by atoms with Crippen LogP contribution in [0.3, 0.4) is 0 Å². The smallest absolute Gasteiger partial charge is 0.260 e. The lowest BCUT2D eigenvalue weighted by Crippen LogP contribution is -2.14. The van der Waals surface area contributed by atoms with E-state index in [1.54, 1.807) is 37.5 Å². The van der Waals surface area contributed by atoms with Crippen LogP contribution in [0.4, 0.5) is 5.82 Å². The van der Waals surface area contributed by atoms with Crippen LogP contribution in [-0.4, -0.2) is 22.3 Å². The molecule has 2 rings (SSSR count). The summed E-state index contributed by atoms with van der Waals surface area (Å²) in [7, 11) is 1.69. The van der Waals surface area contributed by atoms with Gasteiger partial charge in [-0.3, -0.25) is 9.48 Å². The van der Waals surface area contributed by atoms with E-state index in [2.05, 4.69) is 10.4 Å². The molecule has 20 heavy (non-hydrogen) atoms. The predicted octanol–water partition coefficient (Wildman–Crippen LogP) is 1.94. The Morgan fingerprint density at radius 1 is 1.50 bits per heavy atom. The Hall–Kier alpha value is -2.81. The van der Waals surface area contributed by atoms with Crippen molar-refractivity contribution in [1.82, 2.24) is 9.78 Å². The highest BCUT2D eigenvalue weighted by molar-refractivity contribution is 6.06. The number of rotatable bonds is 4. The van der Waals surface area contributed by atoms with Crippen molar-refractivity contribution in [3.05, 3.63) is 41.6 Å². The third kappa shape index (κ3) is 2.78. The summed E-state index contributed by atoms with van der Waals surface area (Å²) >= 11 is 0. The second-order valence-corrected chi connectivity index (χ2v) is 4.06. The average molecular weight is 270 g/mol. The second-order valence-electron chi connectivity index (χ2n) is 4.06. The minimum Gasteiger partial charge on any atom is -0.493 e. The topological polar surface area (TPSA) is 79.9 Å². The zero-order chi connectivity index (χ0) is 14.5. The highest BCUT2D eigenvalue weighted by atomic mass is 16.5. The Labute approximate surface area is 116 Å². The maximum atomic E-state index is 12.2. The molecule has 2 aromatic rings. The van der Waals surface area contributed by atoms with Gasteiger partial charge in [0.25, 0.3) is 5.91 Å². The van der Waals surface area contributed by atoms with Crippen LogP contribution in [0, 0.1) is 11.3 Å². The number of hydrogen-bond donors (Lipinski definition) is 1. The number of para-hydroxylation sites is 1. The summed E-state index contributed by atoms with van der Waals surface area (Å²) in [6.07, 6.45) is 1.55. The van der Waals surface area contributed by atoms with Gasteiger partial charge in [-0.2, -0.15) is 10.4 Å². The number of amides is 1. The van der Waals surface area contributed by atoms with E-state index in [9.17, 15) is 4.79 Å². The Morgan fingerprint density at radius 2 is 2.25 bits per heavy atom. The summed E-state index contributed by atoms with van der Waals surface area (Å²) in [4.78, 5) is 12.2. The quantitative estimate of drug-likeness (QED) is 0.920. The van der Waals surface area contributed by atoms with Gasteiger partial charge in [0.2, 0.25) is 0 Å². The van der Waals surface area contributed by atoms with E-state index in [1.165, 1.54) is 4.68 Å². The maximum Gasteiger partial charge on any atom is 0.260 e. The molecule has 0 spiro atoms. The van der Waals surface area contributed by atoms with E-state index in [4.69, 9.17) is 10.00 Å². The van der Waals surface area contributed by atoms with Crippen LogP contribution in [0.5, 0.6) is 5.75 Å². The molecule has 0 aliphatic heterocycles. The van der Waals surface area contributed by atoms with Crippen LogP contribution in [0.25, 0.3) is 0 Å². The first kappa shape index (κ1) is 13.6. The van der Waals surface area contributed by atoms with Crippen LogP contribution >= 0.6 is 0 Å². The minimum atomic E-state index is -0.357. The lowest BCUT2D eigenvalue weighted by Gasteiger charge is -2.09. The number of nitrogens with zero attached hydrogens (tertiary/aromatic N) is 3. The zero-order valence-electron chi connectivity index (χ0n) is 11.3. The lowest BCUT2D eigenvalue weighted by atomic mass is 10.2. The molecule has 1 amide bonds. The molecule has 0 atom stereocenters. The van der Waals surface area contributed by atoms with Crippen molar-refractivity contribution in [2.75, 3.05) is 11.9 Å². The summed E-state index contributed by atoms with van der Waals surface area (Å²) in [5.74, 6) is 0.387. The third-order valence-electron chi connectivity index (χ3n) is 2.61. The summed E-state index contributed by atoms with van der Waals surface area (Å²) in [5.41, 5.74) is 0.721. The van der Waals surface area contributed by atoms with Crippen molar-refractivity contribution >= 4 is 11.7 Å². The van der Waals surface area contributed by atoms with Crippen molar-refractivity contribution < 1.29 is 9.53 Å². The maximum absolute atomic E-state index is 12.2. The number of nitrogens with one attached hydrogen (secondary N) is 1. The molecule has 0 saturated carbocycles. The molecule has 6 heteroatoms. The summed E-state index contributed by atoms with van der Waals surface area (Å²) in [5, 5.41) is 15.6. The Morgan fingerprint density at radius 3 is 2.95 bits per heavy atom. The van der Waals surface area contributed by atoms with Crippen LogP contribution in [0.15, 0.2) is 30.5 Å². The number of carbonyl (C=O) groups is 1. The van der Waals surface area contributed by atoms with E-state index in [-0.39, 0.29) is 11.7 Å². The molecule has 0 aliphatic rings. The van der Waals surface area contributed by atoms with Crippen LogP contribution < -0.4 is 10.1 Å². The van der Waals surface area contributed by atoms with E-state index in [1.807, 2.05) is 13.0 Å². The number of hydrogen-bond acceptors (Lipinski definition) is 4. The van der Waals surface area contributed by atoms with Gasteiger partial charge in [0.15, 0.2) is 5.82 Å². The van der Waals surface area contributed by atoms with Gasteiger partial charge in [0.1, 0.15) is 17.4 Å². The summed E-state index contributed by atoms with van der Waals surface area (Å²) in [6, 6.07) is 8.92. The van der Waals surface area contributed by atoms with Gasteiger partial charge in [-0.1, -0.05) is 12.1 Å². The van der Waals surface area contributed by atoms with Gasteiger partial charge >= 0.3 is 0 Å². The second kappa shape index (κ2) is 5.89. The Balaban J connectivity index is 2.26. The molecule has 0 unspecified atom stereocenters. The molecule has 0 fully saturated rings. The first-order valence-electron chi connectivity index (χ1n) is 6.12. The molecule has 0 radical (unpaired) electrons. The third-order valence-corrected chi connectivity index (χ3v) is 2.61. The number of aryl methyl sites for hydroxylation is 1. The number of anilines is 1. The average Bonchev–Trinajstić information content (AvgIpc) is 2.79. The normalized spacial score (nSPS) is 9.85. The van der Waals surface area contributed by atoms with Gasteiger partial charge in [-0.05, 0) is 19.1 Å². The first-order valence-corrected chi connectivity index (χ1v) is 6.12. The number of aromatic nitrogens is 2. The molecule has 6 nitrogen and oxygen atoms in total. The molecule has 0 bridgehead atoms. The van der Waals surface area contributed by atoms with Gasteiger partial charge in [-0.25, -0.2) is 0 Å². The monoisotopic (exact) mass is 270 g/mol. The van der Waals surface area contributed by atoms with E-state index in [0.29, 0.717) is 23.5 Å². The molecular formula is C14H14N4O2. The molecule has 102 valence electrons. The van der Waals surface area contributed by atoms with Gasteiger partial charge in [0.05, 0.1) is 12.2 Å². The lowest BCUT2D eigenvalue weighted by molar-refractivity contribution is 0.102. The van der Waals surface area contributed by atoms with Crippen molar-refractivity contribution in [1.29, 1.82) is 5.26 Å². The summed E-state index contributed by atoms with van der Waals surface area (Å²) < 4.78 is 6.88. The largest absolute Gasteiger partial charge is 0.493 e. The van der Waals surface area contributed by atoms with Gasteiger partial charge < -0.3 is 10.1 Å². The number of benzene rings is 1. The van der Waals surface area contributed by atoms with Crippen molar-refractivity contribution in [3.63, 3.8) is 0 Å². The first-order chi connectivity index (χ1) is 9.65. The fourth-order valence-corrected chi connectivity index (χ4v) is 1.77. The van der Waals surface area contributed by atoms with Crippen molar-refractivity contribution in [3.8, 4) is 11.8 Å². The molecule has 1 N–H and O–H groups in total. The van der Waals surface area contributed by atoms with E-state index < -0.39 is 0 Å². The highest BCUT2D eigenvalue weighted by Crippen LogP contribution is 2.20. The summed E-state index contributed by atoms with van der Waals surface area (Å²) in [6.45, 7) is 2.32. The fourth-order valence-electron chi connectivity index (χ4n) is 1.77. The molecule has 1 heterocycles. The predicted molar refractivity (Wildman–Crippen MR) is 73.5 cm³/mol. The zero-order valence-corrected chi connectivity index (χ0v) is 11.3. The highest BCUT2D eigenvalue weighted by Gasteiger charge is 2.15. The van der Waals surface area contributed by atoms with Crippen molar-refractivity contribution in [2.45, 2.75) is 6.92 Å². The van der Waals surface area contributed by atoms with E-state index >= 15 is 0 Å². The molecule has 1 aromatic heterocycles. The number of ether oxygens (including phenoxy) is 1. The van der Waals surface area contributed by atoms with Crippen LogP contribution in [0.2, 0.25) is 0 Å². The van der Waals surface area contributed by atoms with Crippen LogP contribution in [0.1, 0.15) is 22.8 Å². The molecular weight excluding hydrogens is 256 g/mol. The molecule has 0 aliphatic carbocycles. The molecule has 1 aromatic carbocycles. The number of carbonyl (C=O) groups excluding carboxylic acids is 1. The fraction of sp³-hybridized carbons (Fsp3) is 0.214. The number of nitriles is 1. The SMILES string of the molecule is CCOc1ccccc1C(=O)Nc1nn(C)cc1C#N.